The minimum atomic E-state index is 0.275. The van der Waals surface area contributed by atoms with Crippen LogP contribution < -0.4 is 4.90 Å². The van der Waals surface area contributed by atoms with Crippen LogP contribution in [0.5, 0.6) is 5.75 Å². The molecular weight excluding hydrogens is 310 g/mol. The number of allylic oxidation sites excluding steroid dienone is 2. The molecule has 3 heterocycles. The molecule has 4 nitrogen and oxygen atoms in total. The third-order valence-electron chi connectivity index (χ3n) is 5.17. The monoisotopic (exact) mass is 333 g/mol. The number of phenols is 1. The van der Waals surface area contributed by atoms with Crippen molar-refractivity contribution in [2.45, 2.75) is 25.4 Å². The third-order valence-corrected chi connectivity index (χ3v) is 5.17. The van der Waals surface area contributed by atoms with E-state index in [1.54, 1.807) is 6.07 Å². The maximum Gasteiger partial charge on any atom is 0.129 e. The van der Waals surface area contributed by atoms with Gasteiger partial charge in [0.2, 0.25) is 0 Å². The lowest BCUT2D eigenvalue weighted by atomic mass is 10.1. The molecule has 0 amide bonds. The van der Waals surface area contributed by atoms with Gasteiger partial charge in [-0.1, -0.05) is 30.8 Å². The number of aromatic nitrogens is 1. The average Bonchev–Trinajstić information content (AvgIpc) is 3.20. The van der Waals surface area contributed by atoms with E-state index in [4.69, 9.17) is 0 Å². The predicted octanol–water partition coefficient (Wildman–Crippen LogP) is 3.59. The van der Waals surface area contributed by atoms with Crippen molar-refractivity contribution in [1.29, 1.82) is 0 Å². The summed E-state index contributed by atoms with van der Waals surface area (Å²) in [6.45, 7) is 8.14. The molecule has 2 saturated heterocycles. The van der Waals surface area contributed by atoms with Gasteiger partial charge in [0.15, 0.2) is 0 Å². The molecule has 2 unspecified atom stereocenters. The van der Waals surface area contributed by atoms with E-state index >= 15 is 0 Å². The Labute approximate surface area is 148 Å². The van der Waals surface area contributed by atoms with E-state index in [1.807, 2.05) is 37.3 Å². The zero-order valence-corrected chi connectivity index (χ0v) is 14.5. The highest BCUT2D eigenvalue weighted by atomic mass is 16.3. The normalized spacial score (nSPS) is 22.1. The standard InChI is InChI=1S/C21H23N3O/c1-15(19-7-3-4-8-20(19)25)10-11-23-13-18-12-17(23)14-24(18)21-9-5-6-16(2)22-21/h3-11,17-18,25H,1,12-14H2,2H3/b11-10+. The zero-order chi connectivity index (χ0) is 17.4. The van der Waals surface area contributed by atoms with Gasteiger partial charge in [-0.2, -0.15) is 0 Å². The molecule has 25 heavy (non-hydrogen) atoms. The number of rotatable bonds is 4. The van der Waals surface area contributed by atoms with Crippen LogP contribution in [0.3, 0.4) is 0 Å². The number of hydrogen-bond acceptors (Lipinski definition) is 4. The Hall–Kier alpha value is -2.75. The summed E-state index contributed by atoms with van der Waals surface area (Å²) in [5.41, 5.74) is 2.68. The van der Waals surface area contributed by atoms with Crippen molar-refractivity contribution in [1.82, 2.24) is 9.88 Å². The Morgan fingerprint density at radius 1 is 1.16 bits per heavy atom. The van der Waals surface area contributed by atoms with E-state index in [2.05, 4.69) is 39.7 Å². The maximum absolute atomic E-state index is 9.94. The van der Waals surface area contributed by atoms with Gasteiger partial charge in [-0.15, -0.1) is 0 Å². The van der Waals surface area contributed by atoms with Gasteiger partial charge in [0.1, 0.15) is 11.6 Å². The van der Waals surface area contributed by atoms with Crippen LogP contribution in [0.2, 0.25) is 0 Å². The molecular formula is C21H23N3O. The van der Waals surface area contributed by atoms with Crippen LogP contribution >= 0.6 is 0 Å². The summed E-state index contributed by atoms with van der Waals surface area (Å²) in [5.74, 6) is 1.37. The lowest BCUT2D eigenvalue weighted by molar-refractivity contribution is 0.328. The fraction of sp³-hybridized carbons (Fsp3) is 0.286. The SMILES string of the molecule is C=C(/C=C/N1CC2CC1CN2c1cccc(C)n1)c1ccccc1O. The summed E-state index contributed by atoms with van der Waals surface area (Å²) in [6, 6.07) is 14.6. The molecule has 1 aromatic heterocycles. The van der Waals surface area contributed by atoms with Crippen molar-refractivity contribution in [2.24, 2.45) is 0 Å². The Kier molecular flexibility index (Phi) is 3.96. The smallest absolute Gasteiger partial charge is 0.129 e. The number of likely N-dealkylation sites (tertiary alicyclic amines) is 1. The number of aryl methyl sites for hydroxylation is 1. The van der Waals surface area contributed by atoms with E-state index in [-0.39, 0.29) is 5.75 Å². The van der Waals surface area contributed by atoms with Gasteiger partial charge < -0.3 is 14.9 Å². The van der Waals surface area contributed by atoms with E-state index < -0.39 is 0 Å². The quantitative estimate of drug-likeness (QED) is 0.868. The van der Waals surface area contributed by atoms with Crippen LogP contribution in [0.1, 0.15) is 17.7 Å². The summed E-state index contributed by atoms with van der Waals surface area (Å²) < 4.78 is 0. The number of anilines is 1. The first-order valence-corrected chi connectivity index (χ1v) is 8.73. The van der Waals surface area contributed by atoms with Crippen molar-refractivity contribution in [3.63, 3.8) is 0 Å². The van der Waals surface area contributed by atoms with Crippen molar-refractivity contribution in [3.8, 4) is 5.75 Å². The molecule has 0 aliphatic carbocycles. The number of aromatic hydroxyl groups is 1. The maximum atomic E-state index is 9.94. The molecule has 2 fully saturated rings. The molecule has 4 heteroatoms. The van der Waals surface area contributed by atoms with Crippen LogP contribution in [0.25, 0.3) is 5.57 Å². The molecule has 2 bridgehead atoms. The Morgan fingerprint density at radius 2 is 2.00 bits per heavy atom. The van der Waals surface area contributed by atoms with Gasteiger partial charge in [-0.3, -0.25) is 0 Å². The number of piperazine rings is 1. The molecule has 2 atom stereocenters. The lowest BCUT2D eigenvalue weighted by Gasteiger charge is -2.34. The van der Waals surface area contributed by atoms with Gasteiger partial charge in [-0.05, 0) is 43.2 Å². The molecule has 0 saturated carbocycles. The largest absolute Gasteiger partial charge is 0.507 e. The second kappa shape index (κ2) is 6.28. The second-order valence-electron chi connectivity index (χ2n) is 6.89. The van der Waals surface area contributed by atoms with Crippen LogP contribution in [-0.4, -0.2) is 40.2 Å². The summed E-state index contributed by atoms with van der Waals surface area (Å²) >= 11 is 0. The fourth-order valence-electron chi connectivity index (χ4n) is 3.87. The van der Waals surface area contributed by atoms with Gasteiger partial charge >= 0.3 is 0 Å². The first kappa shape index (κ1) is 15.8. The lowest BCUT2D eigenvalue weighted by Crippen LogP contribution is -2.44. The number of fused-ring (bicyclic) bond motifs is 2. The minimum absolute atomic E-state index is 0.275. The molecule has 0 radical (unpaired) electrons. The van der Waals surface area contributed by atoms with Crippen molar-refractivity contribution in [3.05, 3.63) is 72.6 Å². The highest BCUT2D eigenvalue weighted by Crippen LogP contribution is 2.34. The number of nitrogens with zero attached hydrogens (tertiary/aromatic N) is 3. The van der Waals surface area contributed by atoms with Crippen molar-refractivity contribution >= 4 is 11.4 Å². The van der Waals surface area contributed by atoms with Gasteiger partial charge in [0, 0.05) is 42.6 Å². The van der Waals surface area contributed by atoms with Crippen LogP contribution in [0, 0.1) is 6.92 Å². The average molecular weight is 333 g/mol. The summed E-state index contributed by atoms with van der Waals surface area (Å²) in [6.07, 6.45) is 5.30. The summed E-state index contributed by atoms with van der Waals surface area (Å²) in [7, 11) is 0. The molecule has 1 aromatic carbocycles. The molecule has 2 aliphatic rings. The number of para-hydroxylation sites is 1. The Bertz CT molecular complexity index is 829. The highest BCUT2D eigenvalue weighted by Gasteiger charge is 2.42. The molecule has 1 N–H and O–H groups in total. The van der Waals surface area contributed by atoms with Crippen LogP contribution in [0.15, 0.2) is 61.3 Å². The van der Waals surface area contributed by atoms with Gasteiger partial charge in [0.05, 0.1) is 0 Å². The fourth-order valence-corrected chi connectivity index (χ4v) is 3.87. The zero-order valence-electron chi connectivity index (χ0n) is 14.5. The molecule has 0 spiro atoms. The topological polar surface area (TPSA) is 39.6 Å². The number of phenolic OH excluding ortho intramolecular Hbond substituents is 1. The number of benzene rings is 1. The van der Waals surface area contributed by atoms with Crippen LogP contribution in [-0.2, 0) is 0 Å². The summed E-state index contributed by atoms with van der Waals surface area (Å²) in [5, 5.41) is 9.94. The first-order valence-electron chi connectivity index (χ1n) is 8.73. The van der Waals surface area contributed by atoms with E-state index in [0.717, 1.165) is 35.7 Å². The van der Waals surface area contributed by atoms with Crippen molar-refractivity contribution < 1.29 is 5.11 Å². The van der Waals surface area contributed by atoms with Crippen LogP contribution in [0.4, 0.5) is 5.82 Å². The third kappa shape index (κ3) is 3.00. The second-order valence-corrected chi connectivity index (χ2v) is 6.89. The first-order chi connectivity index (χ1) is 12.1. The minimum Gasteiger partial charge on any atom is -0.507 e. The highest BCUT2D eigenvalue weighted by molar-refractivity contribution is 5.75. The van der Waals surface area contributed by atoms with Crippen molar-refractivity contribution in [2.75, 3.05) is 18.0 Å². The van der Waals surface area contributed by atoms with E-state index in [9.17, 15) is 5.11 Å². The Morgan fingerprint density at radius 3 is 2.72 bits per heavy atom. The molecule has 2 aromatic rings. The molecule has 4 rings (SSSR count). The molecule has 128 valence electrons. The number of hydrogen-bond donors (Lipinski definition) is 1. The van der Waals surface area contributed by atoms with E-state index in [0.29, 0.717) is 12.1 Å². The Balaban J connectivity index is 1.43. The summed E-state index contributed by atoms with van der Waals surface area (Å²) in [4.78, 5) is 9.49. The van der Waals surface area contributed by atoms with Gasteiger partial charge in [0.25, 0.3) is 0 Å². The van der Waals surface area contributed by atoms with E-state index in [1.165, 1.54) is 6.42 Å². The predicted molar refractivity (Wildman–Crippen MR) is 101 cm³/mol. The molecule has 2 aliphatic heterocycles. The number of pyridine rings is 1. The van der Waals surface area contributed by atoms with Gasteiger partial charge in [-0.25, -0.2) is 4.98 Å².